The second-order valence-electron chi connectivity index (χ2n) is 7.80. The first-order valence-electron chi connectivity index (χ1n) is 10.3. The van der Waals surface area contributed by atoms with E-state index in [0.717, 1.165) is 47.8 Å². The summed E-state index contributed by atoms with van der Waals surface area (Å²) in [7, 11) is 1.37. The van der Waals surface area contributed by atoms with E-state index < -0.39 is 0 Å². The van der Waals surface area contributed by atoms with Crippen LogP contribution in [0.5, 0.6) is 0 Å². The Balaban J connectivity index is 1.61. The number of esters is 1. The van der Waals surface area contributed by atoms with Crippen LogP contribution in [-0.2, 0) is 27.3 Å². The SMILES string of the molecule is CCC(=O)N1CCCCC1C(=O)N1CCc2[nH]c3ccc(C(=O)OC)cc3c2C1. The summed E-state index contributed by atoms with van der Waals surface area (Å²) in [5.74, 6) is -0.285. The van der Waals surface area contributed by atoms with Gasteiger partial charge in [0.25, 0.3) is 0 Å². The summed E-state index contributed by atoms with van der Waals surface area (Å²) in [4.78, 5) is 44.6. The summed E-state index contributed by atoms with van der Waals surface area (Å²) in [5, 5.41) is 0.950. The van der Waals surface area contributed by atoms with Crippen LogP contribution in [-0.4, -0.2) is 58.8 Å². The number of aromatic nitrogens is 1. The third-order valence-corrected chi connectivity index (χ3v) is 6.12. The normalized spacial score (nSPS) is 19.2. The maximum absolute atomic E-state index is 13.3. The van der Waals surface area contributed by atoms with Crippen molar-refractivity contribution in [2.75, 3.05) is 20.2 Å². The number of rotatable bonds is 3. The van der Waals surface area contributed by atoms with Crippen LogP contribution in [0.1, 0.15) is 54.2 Å². The fourth-order valence-corrected chi connectivity index (χ4v) is 4.55. The molecular weight excluding hydrogens is 370 g/mol. The van der Waals surface area contributed by atoms with E-state index in [9.17, 15) is 14.4 Å². The predicted octanol–water partition coefficient (Wildman–Crippen LogP) is 2.63. The monoisotopic (exact) mass is 397 g/mol. The quantitative estimate of drug-likeness (QED) is 0.807. The van der Waals surface area contributed by atoms with E-state index in [1.54, 1.807) is 11.0 Å². The number of piperidine rings is 1. The Bertz CT molecular complexity index is 964. The van der Waals surface area contributed by atoms with Crippen LogP contribution in [0.25, 0.3) is 10.9 Å². The van der Waals surface area contributed by atoms with Gasteiger partial charge in [-0.2, -0.15) is 0 Å². The number of ether oxygens (including phenoxy) is 1. The number of fused-ring (bicyclic) bond motifs is 3. The number of H-pyrrole nitrogens is 1. The molecule has 1 aromatic carbocycles. The highest BCUT2D eigenvalue weighted by atomic mass is 16.5. The number of methoxy groups -OCH3 is 1. The van der Waals surface area contributed by atoms with Crippen molar-refractivity contribution in [2.45, 2.75) is 51.6 Å². The molecule has 3 heterocycles. The molecule has 1 saturated heterocycles. The zero-order chi connectivity index (χ0) is 20.5. The lowest BCUT2D eigenvalue weighted by molar-refractivity contribution is -0.148. The molecule has 2 amide bonds. The summed E-state index contributed by atoms with van der Waals surface area (Å²) in [6.45, 7) is 3.63. The van der Waals surface area contributed by atoms with Gasteiger partial charge in [0.2, 0.25) is 11.8 Å². The highest BCUT2D eigenvalue weighted by Gasteiger charge is 2.35. The smallest absolute Gasteiger partial charge is 0.337 e. The summed E-state index contributed by atoms with van der Waals surface area (Å²) < 4.78 is 4.84. The maximum atomic E-state index is 13.3. The largest absolute Gasteiger partial charge is 0.465 e. The van der Waals surface area contributed by atoms with Gasteiger partial charge in [-0.25, -0.2) is 4.79 Å². The maximum Gasteiger partial charge on any atom is 0.337 e. The minimum Gasteiger partial charge on any atom is -0.465 e. The Morgan fingerprint density at radius 3 is 2.79 bits per heavy atom. The Morgan fingerprint density at radius 1 is 1.21 bits per heavy atom. The number of nitrogens with one attached hydrogen (secondary N) is 1. The number of benzene rings is 1. The Morgan fingerprint density at radius 2 is 2.03 bits per heavy atom. The molecule has 7 heteroatoms. The first-order chi connectivity index (χ1) is 14.0. The minimum atomic E-state index is -0.374. The summed E-state index contributed by atoms with van der Waals surface area (Å²) in [5.41, 5.74) is 3.61. The van der Waals surface area contributed by atoms with Crippen molar-refractivity contribution in [3.8, 4) is 0 Å². The third-order valence-electron chi connectivity index (χ3n) is 6.12. The topological polar surface area (TPSA) is 82.7 Å². The molecule has 0 radical (unpaired) electrons. The van der Waals surface area contributed by atoms with Gasteiger partial charge in [0, 0.05) is 54.6 Å². The van der Waals surface area contributed by atoms with Crippen LogP contribution in [0.3, 0.4) is 0 Å². The van der Waals surface area contributed by atoms with Gasteiger partial charge in [-0.15, -0.1) is 0 Å². The van der Waals surface area contributed by atoms with Crippen molar-refractivity contribution >= 4 is 28.7 Å². The number of carbonyl (C=O) groups excluding carboxylic acids is 3. The number of aromatic amines is 1. The van der Waals surface area contributed by atoms with Crippen molar-refractivity contribution in [1.82, 2.24) is 14.8 Å². The second-order valence-corrected chi connectivity index (χ2v) is 7.80. The van der Waals surface area contributed by atoms with Gasteiger partial charge in [-0.1, -0.05) is 6.92 Å². The van der Waals surface area contributed by atoms with Crippen LogP contribution in [0, 0.1) is 0 Å². The first-order valence-corrected chi connectivity index (χ1v) is 10.3. The van der Waals surface area contributed by atoms with E-state index in [1.807, 2.05) is 24.0 Å². The van der Waals surface area contributed by atoms with Gasteiger partial charge in [0.15, 0.2) is 0 Å². The lowest BCUT2D eigenvalue weighted by Crippen LogP contribution is -2.53. The molecule has 1 unspecified atom stereocenters. The molecule has 0 aliphatic carbocycles. The van der Waals surface area contributed by atoms with Crippen molar-refractivity contribution in [3.05, 3.63) is 35.0 Å². The van der Waals surface area contributed by atoms with E-state index in [0.29, 0.717) is 31.6 Å². The van der Waals surface area contributed by atoms with Crippen LogP contribution in [0.4, 0.5) is 0 Å². The van der Waals surface area contributed by atoms with Crippen LogP contribution >= 0.6 is 0 Å². The number of hydrogen-bond acceptors (Lipinski definition) is 4. The van der Waals surface area contributed by atoms with Gasteiger partial charge in [0.05, 0.1) is 12.7 Å². The van der Waals surface area contributed by atoms with E-state index in [-0.39, 0.29) is 23.8 Å². The van der Waals surface area contributed by atoms with Gasteiger partial charge in [0.1, 0.15) is 6.04 Å². The van der Waals surface area contributed by atoms with Gasteiger partial charge >= 0.3 is 5.97 Å². The number of amides is 2. The van der Waals surface area contributed by atoms with Crippen molar-refractivity contribution < 1.29 is 19.1 Å². The van der Waals surface area contributed by atoms with Crippen molar-refractivity contribution in [3.63, 3.8) is 0 Å². The molecule has 154 valence electrons. The molecule has 7 nitrogen and oxygen atoms in total. The third kappa shape index (κ3) is 3.50. The van der Waals surface area contributed by atoms with Crippen LogP contribution in [0.15, 0.2) is 18.2 Å². The second kappa shape index (κ2) is 7.89. The van der Waals surface area contributed by atoms with Crippen LogP contribution < -0.4 is 0 Å². The number of likely N-dealkylation sites (tertiary alicyclic amines) is 1. The standard InChI is InChI=1S/C22H27N3O4/c1-3-20(26)25-10-5-4-6-19(25)21(27)24-11-9-18-16(13-24)15-12-14(22(28)29-2)7-8-17(15)23-18/h7-8,12,19,23H,3-6,9-11,13H2,1-2H3. The molecule has 1 aromatic heterocycles. The zero-order valence-corrected chi connectivity index (χ0v) is 17.0. The van der Waals surface area contributed by atoms with E-state index >= 15 is 0 Å². The molecule has 0 bridgehead atoms. The molecular formula is C22H27N3O4. The molecule has 4 rings (SSSR count). The lowest BCUT2D eigenvalue weighted by atomic mass is 9.98. The van der Waals surface area contributed by atoms with Crippen LogP contribution in [0.2, 0.25) is 0 Å². The van der Waals surface area contributed by atoms with E-state index in [4.69, 9.17) is 4.74 Å². The summed E-state index contributed by atoms with van der Waals surface area (Å²) >= 11 is 0. The highest BCUT2D eigenvalue weighted by Crippen LogP contribution is 2.30. The number of nitrogens with zero attached hydrogens (tertiary/aromatic N) is 2. The molecule has 2 aliphatic heterocycles. The molecule has 2 aromatic rings. The lowest BCUT2D eigenvalue weighted by Gasteiger charge is -2.38. The van der Waals surface area contributed by atoms with Gasteiger partial charge in [-0.05, 0) is 37.5 Å². The van der Waals surface area contributed by atoms with Crippen molar-refractivity contribution in [1.29, 1.82) is 0 Å². The van der Waals surface area contributed by atoms with E-state index in [2.05, 4.69) is 4.98 Å². The molecule has 1 atom stereocenters. The molecule has 29 heavy (non-hydrogen) atoms. The Labute approximate surface area is 170 Å². The highest BCUT2D eigenvalue weighted by molar-refractivity contribution is 5.96. The predicted molar refractivity (Wildman–Crippen MR) is 108 cm³/mol. The van der Waals surface area contributed by atoms with Crippen molar-refractivity contribution in [2.24, 2.45) is 0 Å². The Kier molecular flexibility index (Phi) is 5.30. The minimum absolute atomic E-state index is 0.0376. The zero-order valence-electron chi connectivity index (χ0n) is 17.0. The number of hydrogen-bond donors (Lipinski definition) is 1. The summed E-state index contributed by atoms with van der Waals surface area (Å²) in [6.07, 6.45) is 3.82. The fraction of sp³-hybridized carbons (Fsp3) is 0.500. The first kappa shape index (κ1) is 19.5. The number of carbonyl (C=O) groups is 3. The molecule has 0 saturated carbocycles. The summed E-state index contributed by atoms with van der Waals surface area (Å²) in [6, 6.07) is 5.11. The van der Waals surface area contributed by atoms with E-state index in [1.165, 1.54) is 7.11 Å². The van der Waals surface area contributed by atoms with Gasteiger partial charge in [-0.3, -0.25) is 9.59 Å². The molecule has 0 spiro atoms. The fourth-order valence-electron chi connectivity index (χ4n) is 4.55. The molecule has 1 fully saturated rings. The average molecular weight is 397 g/mol. The molecule has 2 aliphatic rings. The molecule has 1 N–H and O–H groups in total. The average Bonchev–Trinajstić information content (AvgIpc) is 3.14. The van der Waals surface area contributed by atoms with Gasteiger partial charge < -0.3 is 19.5 Å². The Hall–Kier alpha value is -2.83.